The predicted molar refractivity (Wildman–Crippen MR) is 113 cm³/mol. The fourth-order valence-corrected chi connectivity index (χ4v) is 5.19. The van der Waals surface area contributed by atoms with Crippen LogP contribution in [0.2, 0.25) is 0 Å². The third-order valence-corrected chi connectivity index (χ3v) is 6.73. The van der Waals surface area contributed by atoms with Gasteiger partial charge in [0.05, 0.1) is 26.9 Å². The Labute approximate surface area is 171 Å². The van der Waals surface area contributed by atoms with Gasteiger partial charge in [-0.1, -0.05) is 6.07 Å². The van der Waals surface area contributed by atoms with Gasteiger partial charge < -0.3 is 14.2 Å². The lowest BCUT2D eigenvalue weighted by Gasteiger charge is -2.38. The van der Waals surface area contributed by atoms with E-state index in [1.54, 1.807) is 14.2 Å². The number of rotatable bonds is 6. The Kier molecular flexibility index (Phi) is 6.52. The Balaban J connectivity index is 1.59. The average Bonchev–Trinajstić information content (AvgIpc) is 3.13. The number of methoxy groups -OCH3 is 2. The zero-order valence-electron chi connectivity index (χ0n) is 16.9. The van der Waals surface area contributed by atoms with Gasteiger partial charge in [0.25, 0.3) is 0 Å². The summed E-state index contributed by atoms with van der Waals surface area (Å²) >= 11 is 1.84. The summed E-state index contributed by atoms with van der Waals surface area (Å²) in [5, 5.41) is 2.18. The second-order valence-electron chi connectivity index (χ2n) is 7.42. The number of fused-ring (bicyclic) bond motifs is 1. The Morgan fingerprint density at radius 3 is 2.71 bits per heavy atom. The Morgan fingerprint density at radius 1 is 1.07 bits per heavy atom. The van der Waals surface area contributed by atoms with Crippen LogP contribution >= 0.6 is 11.3 Å². The molecule has 0 bridgehead atoms. The van der Waals surface area contributed by atoms with Crippen LogP contribution in [0.15, 0.2) is 29.6 Å². The van der Waals surface area contributed by atoms with Crippen molar-refractivity contribution in [2.75, 3.05) is 60.2 Å². The summed E-state index contributed by atoms with van der Waals surface area (Å²) in [5.41, 5.74) is 2.72. The van der Waals surface area contributed by atoms with Gasteiger partial charge in [0.1, 0.15) is 0 Å². The van der Waals surface area contributed by atoms with Crippen LogP contribution in [0.4, 0.5) is 0 Å². The second kappa shape index (κ2) is 9.27. The minimum atomic E-state index is 0.284. The summed E-state index contributed by atoms with van der Waals surface area (Å²) < 4.78 is 16.8. The molecule has 0 radical (unpaired) electrons. The van der Waals surface area contributed by atoms with E-state index in [1.165, 1.54) is 16.0 Å². The van der Waals surface area contributed by atoms with Crippen LogP contribution in [0.1, 0.15) is 28.5 Å². The maximum absolute atomic E-state index is 5.61. The maximum Gasteiger partial charge on any atom is 0.161 e. The number of ether oxygens (including phenoxy) is 3. The van der Waals surface area contributed by atoms with E-state index in [0.717, 1.165) is 70.3 Å². The van der Waals surface area contributed by atoms with Crippen LogP contribution in [0, 0.1) is 0 Å². The summed E-state index contributed by atoms with van der Waals surface area (Å²) in [6.45, 7) is 7.15. The zero-order chi connectivity index (χ0) is 19.3. The molecule has 5 nitrogen and oxygen atoms in total. The van der Waals surface area contributed by atoms with E-state index in [4.69, 9.17) is 14.2 Å². The molecule has 1 aromatic carbocycles. The van der Waals surface area contributed by atoms with Crippen LogP contribution in [-0.2, 0) is 11.2 Å². The standard InChI is InChI=1S/C22H30N2O3S/c1-25-19-15-17-6-8-24(10-9-23-7-4-12-27-13-11-23)22(21-5-3-14-28-21)18(17)16-20(19)26-2/h3,5,14-16,22H,4,6-13H2,1-2H3. The van der Waals surface area contributed by atoms with Crippen LogP contribution in [0.25, 0.3) is 0 Å². The van der Waals surface area contributed by atoms with Crippen molar-refractivity contribution in [1.29, 1.82) is 0 Å². The smallest absolute Gasteiger partial charge is 0.161 e. The lowest BCUT2D eigenvalue weighted by Crippen LogP contribution is -2.41. The van der Waals surface area contributed by atoms with Crippen LogP contribution in [0.3, 0.4) is 0 Å². The molecule has 2 aromatic rings. The van der Waals surface area contributed by atoms with Gasteiger partial charge >= 0.3 is 0 Å². The minimum absolute atomic E-state index is 0.284. The first-order valence-electron chi connectivity index (χ1n) is 10.1. The number of nitrogens with zero attached hydrogens (tertiary/aromatic N) is 2. The highest BCUT2D eigenvalue weighted by Gasteiger charge is 2.31. The van der Waals surface area contributed by atoms with Crippen LogP contribution in [0.5, 0.6) is 11.5 Å². The van der Waals surface area contributed by atoms with Gasteiger partial charge in [0, 0.05) is 44.2 Å². The van der Waals surface area contributed by atoms with Gasteiger partial charge in [-0.25, -0.2) is 0 Å². The first-order chi connectivity index (χ1) is 13.8. The third-order valence-electron chi connectivity index (χ3n) is 5.80. The summed E-state index contributed by atoms with van der Waals surface area (Å²) in [6, 6.07) is 9.04. The van der Waals surface area contributed by atoms with Crippen LogP contribution < -0.4 is 9.47 Å². The fraction of sp³-hybridized carbons (Fsp3) is 0.545. The predicted octanol–water partition coefficient (Wildman–Crippen LogP) is 3.44. The Morgan fingerprint density at radius 2 is 1.93 bits per heavy atom. The van der Waals surface area contributed by atoms with Crippen molar-refractivity contribution in [2.45, 2.75) is 18.9 Å². The minimum Gasteiger partial charge on any atom is -0.493 e. The molecule has 1 atom stereocenters. The number of hydrogen-bond acceptors (Lipinski definition) is 6. The van der Waals surface area contributed by atoms with Gasteiger partial charge in [-0.05, 0) is 47.5 Å². The molecule has 0 saturated carbocycles. The highest BCUT2D eigenvalue weighted by molar-refractivity contribution is 7.10. The zero-order valence-corrected chi connectivity index (χ0v) is 17.7. The normalized spacial score (nSPS) is 21.1. The molecule has 0 amide bonds. The molecule has 4 rings (SSSR count). The monoisotopic (exact) mass is 402 g/mol. The maximum atomic E-state index is 5.61. The highest BCUT2D eigenvalue weighted by Crippen LogP contribution is 2.42. The van der Waals surface area contributed by atoms with Crippen molar-refractivity contribution in [3.63, 3.8) is 0 Å². The van der Waals surface area contributed by atoms with Gasteiger partial charge in [-0.3, -0.25) is 9.80 Å². The van der Waals surface area contributed by atoms with Crippen molar-refractivity contribution in [1.82, 2.24) is 9.80 Å². The van der Waals surface area contributed by atoms with E-state index in [2.05, 4.69) is 39.4 Å². The number of thiophene rings is 1. The Bertz CT molecular complexity index is 757. The van der Waals surface area contributed by atoms with E-state index >= 15 is 0 Å². The van der Waals surface area contributed by atoms with E-state index in [1.807, 2.05) is 11.3 Å². The molecule has 1 unspecified atom stereocenters. The topological polar surface area (TPSA) is 34.2 Å². The molecule has 28 heavy (non-hydrogen) atoms. The largest absolute Gasteiger partial charge is 0.493 e. The molecule has 1 aromatic heterocycles. The fourth-order valence-electron chi connectivity index (χ4n) is 4.31. The molecule has 6 heteroatoms. The second-order valence-corrected chi connectivity index (χ2v) is 8.40. The van der Waals surface area contributed by atoms with Gasteiger partial charge in [0.2, 0.25) is 0 Å². The Hall–Kier alpha value is -1.60. The summed E-state index contributed by atoms with van der Waals surface area (Å²) in [4.78, 5) is 6.57. The molecule has 2 aliphatic heterocycles. The molecule has 0 N–H and O–H groups in total. The SMILES string of the molecule is COc1cc2c(cc1OC)C(c1cccs1)N(CCN1CCCOCC1)CC2. The van der Waals surface area contributed by atoms with E-state index < -0.39 is 0 Å². The number of hydrogen-bond donors (Lipinski definition) is 0. The van der Waals surface area contributed by atoms with Gasteiger partial charge in [-0.2, -0.15) is 0 Å². The number of benzene rings is 1. The van der Waals surface area contributed by atoms with Gasteiger partial charge in [-0.15, -0.1) is 11.3 Å². The highest BCUT2D eigenvalue weighted by atomic mass is 32.1. The first kappa shape index (κ1) is 19.7. The summed E-state index contributed by atoms with van der Waals surface area (Å²) in [6.07, 6.45) is 2.18. The molecule has 1 fully saturated rings. The quantitative estimate of drug-likeness (QED) is 0.740. The molecule has 0 spiro atoms. The van der Waals surface area contributed by atoms with Crippen molar-refractivity contribution in [3.8, 4) is 11.5 Å². The van der Waals surface area contributed by atoms with E-state index in [0.29, 0.717) is 0 Å². The molecule has 0 aliphatic carbocycles. The molecular weight excluding hydrogens is 372 g/mol. The molecule has 3 heterocycles. The van der Waals surface area contributed by atoms with Gasteiger partial charge in [0.15, 0.2) is 11.5 Å². The summed E-state index contributed by atoms with van der Waals surface area (Å²) in [5.74, 6) is 1.64. The average molecular weight is 403 g/mol. The van der Waals surface area contributed by atoms with Crippen molar-refractivity contribution in [2.24, 2.45) is 0 Å². The van der Waals surface area contributed by atoms with E-state index in [9.17, 15) is 0 Å². The van der Waals surface area contributed by atoms with Crippen molar-refractivity contribution < 1.29 is 14.2 Å². The first-order valence-corrected chi connectivity index (χ1v) is 11.0. The molecular formula is C22H30N2O3S. The van der Waals surface area contributed by atoms with Crippen molar-refractivity contribution in [3.05, 3.63) is 45.6 Å². The summed E-state index contributed by atoms with van der Waals surface area (Å²) in [7, 11) is 3.42. The third kappa shape index (κ3) is 4.20. The lowest BCUT2D eigenvalue weighted by molar-refractivity contribution is 0.134. The van der Waals surface area contributed by atoms with E-state index in [-0.39, 0.29) is 6.04 Å². The molecule has 2 aliphatic rings. The molecule has 152 valence electrons. The van der Waals surface area contributed by atoms with Crippen molar-refractivity contribution >= 4 is 11.3 Å². The van der Waals surface area contributed by atoms with Crippen LogP contribution in [-0.4, -0.2) is 70.0 Å². The lowest BCUT2D eigenvalue weighted by atomic mass is 9.91. The molecule has 1 saturated heterocycles.